The number of carbonyl (C=O) groups is 3. The van der Waals surface area contributed by atoms with Crippen molar-refractivity contribution in [1.82, 2.24) is 20.4 Å². The maximum absolute atomic E-state index is 13.0. The number of ether oxygens (including phenoxy) is 2. The van der Waals surface area contributed by atoms with Crippen molar-refractivity contribution >= 4 is 23.8 Å². The molecule has 3 amide bonds. The number of benzene rings is 2. The van der Waals surface area contributed by atoms with Crippen LogP contribution in [0.2, 0.25) is 0 Å². The third-order valence-electron chi connectivity index (χ3n) is 7.64. The van der Waals surface area contributed by atoms with E-state index in [4.69, 9.17) is 9.47 Å². The largest absolute Gasteiger partial charge is 0.448 e. The van der Waals surface area contributed by atoms with Gasteiger partial charge in [-0.05, 0) is 47.6 Å². The van der Waals surface area contributed by atoms with Crippen LogP contribution in [-0.4, -0.2) is 47.6 Å². The number of nitrogens with one attached hydrogen (secondary N) is 2. The summed E-state index contributed by atoms with van der Waals surface area (Å²) in [6.45, 7) is 4.48. The highest BCUT2D eigenvalue weighted by Gasteiger charge is 2.48. The second kappa shape index (κ2) is 11.8. The third-order valence-corrected chi connectivity index (χ3v) is 7.64. The van der Waals surface area contributed by atoms with Crippen LogP contribution in [0.25, 0.3) is 11.1 Å². The molecule has 10 heteroatoms. The first kappa shape index (κ1) is 27.2. The number of hydrogen-bond donors (Lipinski definition) is 2. The molecule has 0 saturated heterocycles. The molecule has 2 heterocycles. The monoisotopic (exact) mass is 545 g/mol. The Labute approximate surface area is 233 Å². The summed E-state index contributed by atoms with van der Waals surface area (Å²) in [6.07, 6.45) is 4.79. The lowest BCUT2D eigenvalue weighted by molar-refractivity contribution is -0.117. The molecule has 0 spiro atoms. The number of rotatable bonds is 8. The average Bonchev–Trinajstić information content (AvgIpc) is 3.69. The summed E-state index contributed by atoms with van der Waals surface area (Å²) in [4.78, 5) is 39.2. The van der Waals surface area contributed by atoms with Crippen LogP contribution in [0.5, 0.6) is 0 Å². The molecule has 5 rings (SSSR count). The number of carbonyl (C=O) groups excluding carboxylic acids is 3. The van der Waals surface area contributed by atoms with Gasteiger partial charge >= 0.3 is 12.2 Å². The fraction of sp³-hybridized carbons (Fsp3) is 0.400. The van der Waals surface area contributed by atoms with Crippen molar-refractivity contribution in [2.75, 3.05) is 18.6 Å². The minimum atomic E-state index is -0.494. The molecule has 0 unspecified atom stereocenters. The van der Waals surface area contributed by atoms with Gasteiger partial charge in [-0.15, -0.1) is 0 Å². The molecule has 2 aromatic carbocycles. The standard InChI is InChI=1S/C30H35N5O5/c1-19-27(33-30(38)40-18-21-7-5-4-6-8-21)25-15-23(24-16-32-34(17-24)13-14-39-29(37)31-3)11-12-26(25)35(20(2)36)28(19)22-9-10-22/h4-8,11-12,15-17,19,22,27-28H,9-10,13-14,18H2,1-3H3,(H,31,37)(H,33,38)/t19-,27-,28-/m1/s1. The lowest BCUT2D eigenvalue weighted by atomic mass is 9.79. The maximum Gasteiger partial charge on any atom is 0.407 e. The molecule has 3 atom stereocenters. The maximum atomic E-state index is 13.0. The first-order valence-electron chi connectivity index (χ1n) is 13.6. The fourth-order valence-corrected chi connectivity index (χ4v) is 5.58. The highest BCUT2D eigenvalue weighted by atomic mass is 16.6. The zero-order valence-corrected chi connectivity index (χ0v) is 23.0. The molecule has 2 aliphatic rings. The van der Waals surface area contributed by atoms with Crippen molar-refractivity contribution in [1.29, 1.82) is 0 Å². The summed E-state index contributed by atoms with van der Waals surface area (Å²) in [7, 11) is 1.51. The highest BCUT2D eigenvalue weighted by molar-refractivity contribution is 5.94. The van der Waals surface area contributed by atoms with Gasteiger partial charge in [-0.2, -0.15) is 5.10 Å². The Bertz CT molecular complexity index is 1370. The topological polar surface area (TPSA) is 115 Å². The van der Waals surface area contributed by atoms with Crippen LogP contribution < -0.4 is 15.5 Å². The third kappa shape index (κ3) is 5.95. The number of hydrogen-bond acceptors (Lipinski definition) is 6. The van der Waals surface area contributed by atoms with Crippen molar-refractivity contribution in [2.24, 2.45) is 11.8 Å². The second-order valence-electron chi connectivity index (χ2n) is 10.4. The zero-order chi connectivity index (χ0) is 28.2. The van der Waals surface area contributed by atoms with Crippen LogP contribution in [0.15, 0.2) is 60.9 Å². The van der Waals surface area contributed by atoms with E-state index in [0.29, 0.717) is 12.5 Å². The Balaban J connectivity index is 1.41. The summed E-state index contributed by atoms with van der Waals surface area (Å²) in [5, 5.41) is 9.94. The van der Waals surface area contributed by atoms with Gasteiger partial charge in [-0.25, -0.2) is 9.59 Å². The molecule has 3 aromatic rings. The molecule has 210 valence electrons. The van der Waals surface area contributed by atoms with Crippen molar-refractivity contribution < 1.29 is 23.9 Å². The van der Waals surface area contributed by atoms with Gasteiger partial charge in [-0.3, -0.25) is 9.48 Å². The van der Waals surface area contributed by atoms with E-state index in [-0.39, 0.29) is 37.1 Å². The quantitative estimate of drug-likeness (QED) is 0.426. The van der Waals surface area contributed by atoms with Gasteiger partial charge in [0.05, 0.1) is 18.8 Å². The van der Waals surface area contributed by atoms with E-state index in [1.807, 2.05) is 59.6 Å². The fourth-order valence-electron chi connectivity index (χ4n) is 5.58. The molecule has 1 aliphatic heterocycles. The summed E-state index contributed by atoms with van der Waals surface area (Å²) in [6, 6.07) is 15.2. The van der Waals surface area contributed by atoms with Crippen molar-refractivity contribution in [3.8, 4) is 11.1 Å². The Morgan fingerprint density at radius 1 is 1.02 bits per heavy atom. The normalized spacial score (nSPS) is 19.9. The average molecular weight is 546 g/mol. The Morgan fingerprint density at radius 2 is 1.80 bits per heavy atom. The number of amides is 3. The van der Waals surface area contributed by atoms with E-state index in [1.54, 1.807) is 17.8 Å². The van der Waals surface area contributed by atoms with Crippen LogP contribution in [0.4, 0.5) is 15.3 Å². The van der Waals surface area contributed by atoms with Gasteiger partial charge in [0, 0.05) is 43.4 Å². The summed E-state index contributed by atoms with van der Waals surface area (Å²) < 4.78 is 12.4. The van der Waals surface area contributed by atoms with Crippen molar-refractivity contribution in [3.63, 3.8) is 0 Å². The van der Waals surface area contributed by atoms with Gasteiger partial charge in [0.25, 0.3) is 0 Å². The number of aromatic nitrogens is 2. The highest BCUT2D eigenvalue weighted by Crippen LogP contribution is 2.49. The summed E-state index contributed by atoms with van der Waals surface area (Å²) >= 11 is 0. The Hall–Kier alpha value is -4.34. The second-order valence-corrected chi connectivity index (χ2v) is 10.4. The molecular weight excluding hydrogens is 510 g/mol. The van der Waals surface area contributed by atoms with E-state index >= 15 is 0 Å². The van der Waals surface area contributed by atoms with Crippen LogP contribution in [-0.2, 0) is 27.4 Å². The van der Waals surface area contributed by atoms with Gasteiger partial charge in [-0.1, -0.05) is 43.3 Å². The van der Waals surface area contributed by atoms with Crippen LogP contribution >= 0.6 is 0 Å². The predicted octanol–water partition coefficient (Wildman–Crippen LogP) is 4.65. The van der Waals surface area contributed by atoms with Crippen LogP contribution in [0.3, 0.4) is 0 Å². The number of nitrogens with zero attached hydrogens (tertiary/aromatic N) is 3. The molecule has 1 aliphatic carbocycles. The Morgan fingerprint density at radius 3 is 2.50 bits per heavy atom. The smallest absolute Gasteiger partial charge is 0.407 e. The predicted molar refractivity (Wildman–Crippen MR) is 149 cm³/mol. The van der Waals surface area contributed by atoms with E-state index in [9.17, 15) is 14.4 Å². The van der Waals surface area contributed by atoms with Crippen LogP contribution in [0.1, 0.15) is 43.9 Å². The Kier molecular flexibility index (Phi) is 8.04. The number of alkyl carbamates (subject to hydrolysis) is 2. The molecule has 0 radical (unpaired) electrons. The lowest BCUT2D eigenvalue weighted by Gasteiger charge is -2.45. The number of fused-ring (bicyclic) bond motifs is 1. The molecule has 40 heavy (non-hydrogen) atoms. The molecule has 1 fully saturated rings. The summed E-state index contributed by atoms with van der Waals surface area (Å²) in [5.74, 6) is 0.381. The van der Waals surface area contributed by atoms with E-state index in [0.717, 1.165) is 40.8 Å². The minimum Gasteiger partial charge on any atom is -0.448 e. The van der Waals surface area contributed by atoms with E-state index < -0.39 is 12.2 Å². The van der Waals surface area contributed by atoms with Gasteiger partial charge in [0.15, 0.2) is 0 Å². The first-order chi connectivity index (χ1) is 19.4. The van der Waals surface area contributed by atoms with Gasteiger partial charge in [0.1, 0.15) is 13.2 Å². The first-order valence-corrected chi connectivity index (χ1v) is 13.6. The molecular formula is C30H35N5O5. The molecule has 0 bridgehead atoms. The van der Waals surface area contributed by atoms with E-state index in [1.165, 1.54) is 7.05 Å². The van der Waals surface area contributed by atoms with E-state index in [2.05, 4.69) is 22.7 Å². The summed E-state index contributed by atoms with van der Waals surface area (Å²) in [5.41, 5.74) is 4.37. The lowest BCUT2D eigenvalue weighted by Crippen LogP contribution is -2.53. The van der Waals surface area contributed by atoms with Crippen LogP contribution in [0, 0.1) is 11.8 Å². The number of anilines is 1. The molecule has 10 nitrogen and oxygen atoms in total. The molecule has 1 aromatic heterocycles. The zero-order valence-electron chi connectivity index (χ0n) is 23.0. The van der Waals surface area contributed by atoms with Crippen molar-refractivity contribution in [2.45, 2.75) is 51.9 Å². The van der Waals surface area contributed by atoms with Crippen molar-refractivity contribution in [3.05, 3.63) is 72.1 Å². The molecule has 2 N–H and O–H groups in total. The SMILES string of the molecule is CNC(=O)OCCn1cc(-c2ccc3c(c2)[C@H](NC(=O)OCc2ccccc2)[C@@H](C)[C@H](C2CC2)N3C(C)=O)cn1. The minimum absolute atomic E-state index is 0.00153. The van der Waals surface area contributed by atoms with Gasteiger partial charge < -0.3 is 25.0 Å². The van der Waals surface area contributed by atoms with Gasteiger partial charge in [0.2, 0.25) is 5.91 Å². The molecule has 1 saturated carbocycles.